The third-order valence-electron chi connectivity index (χ3n) is 2.69. The van der Waals surface area contributed by atoms with Gasteiger partial charge in [-0.15, -0.1) is 10.2 Å². The number of nitrogens with one attached hydrogen (secondary N) is 1. The molecule has 0 atom stereocenters. The number of anilines is 1. The summed E-state index contributed by atoms with van der Waals surface area (Å²) in [5.74, 6) is 1.36. The van der Waals surface area contributed by atoms with E-state index in [0.29, 0.717) is 27.5 Å². The maximum Gasteiger partial charge on any atom is 0.254 e. The summed E-state index contributed by atoms with van der Waals surface area (Å²) in [7, 11) is 0. The number of nitrogen functional groups attached to an aromatic ring is 1. The minimum Gasteiger partial charge on any atom is -0.385 e. The summed E-state index contributed by atoms with van der Waals surface area (Å²) in [6.45, 7) is 0. The lowest BCUT2D eigenvalue weighted by Gasteiger charge is -2.03. The molecule has 0 spiro atoms. The number of hydrogen-bond acceptors (Lipinski definition) is 5. The standard InChI is InChI=1S/C12H10ClN5OS/c13-8-3-1-7(2-4-8)6-20-12-17-16-11-15-10(19)5-9(14)18(11)12/h1-5H,6,14H2,(H,15,16,19). The molecular weight excluding hydrogens is 298 g/mol. The molecule has 2 aromatic heterocycles. The fourth-order valence-corrected chi connectivity index (χ4v) is 2.78. The van der Waals surface area contributed by atoms with Crippen LogP contribution in [0.5, 0.6) is 0 Å². The summed E-state index contributed by atoms with van der Waals surface area (Å²) in [5.41, 5.74) is 6.64. The summed E-state index contributed by atoms with van der Waals surface area (Å²) in [6, 6.07) is 8.88. The second-order valence-electron chi connectivity index (χ2n) is 4.12. The van der Waals surface area contributed by atoms with Crippen molar-refractivity contribution in [1.82, 2.24) is 19.6 Å². The van der Waals surface area contributed by atoms with Gasteiger partial charge in [-0.05, 0) is 17.7 Å². The van der Waals surface area contributed by atoms with Crippen LogP contribution in [-0.4, -0.2) is 19.6 Å². The molecule has 102 valence electrons. The molecule has 2 heterocycles. The quantitative estimate of drug-likeness (QED) is 0.722. The van der Waals surface area contributed by atoms with Gasteiger partial charge in [0.2, 0.25) is 5.78 Å². The van der Waals surface area contributed by atoms with Gasteiger partial charge in [-0.25, -0.2) is 4.40 Å². The van der Waals surface area contributed by atoms with Crippen LogP contribution in [-0.2, 0) is 5.75 Å². The fraction of sp³-hybridized carbons (Fsp3) is 0.0833. The highest BCUT2D eigenvalue weighted by atomic mass is 35.5. The van der Waals surface area contributed by atoms with Gasteiger partial charge < -0.3 is 5.73 Å². The number of nitrogens with zero attached hydrogens (tertiary/aromatic N) is 3. The number of aromatic amines is 1. The lowest BCUT2D eigenvalue weighted by atomic mass is 10.2. The number of H-pyrrole nitrogens is 1. The largest absolute Gasteiger partial charge is 0.385 e. The molecule has 3 N–H and O–H groups in total. The Bertz CT molecular complexity index is 811. The van der Waals surface area contributed by atoms with Crippen LogP contribution in [0.15, 0.2) is 40.3 Å². The average Bonchev–Trinajstić information content (AvgIpc) is 2.81. The van der Waals surface area contributed by atoms with Crippen LogP contribution in [0.2, 0.25) is 5.02 Å². The van der Waals surface area contributed by atoms with Crippen LogP contribution >= 0.6 is 23.4 Å². The van der Waals surface area contributed by atoms with E-state index >= 15 is 0 Å². The summed E-state index contributed by atoms with van der Waals surface area (Å²) in [4.78, 5) is 13.9. The van der Waals surface area contributed by atoms with Gasteiger partial charge in [-0.3, -0.25) is 9.78 Å². The number of benzene rings is 1. The molecule has 0 saturated heterocycles. The first kappa shape index (κ1) is 13.0. The normalized spacial score (nSPS) is 11.1. The van der Waals surface area contributed by atoms with Crippen molar-refractivity contribution in [3.8, 4) is 0 Å². The lowest BCUT2D eigenvalue weighted by molar-refractivity contribution is 0.923. The lowest BCUT2D eigenvalue weighted by Crippen LogP contribution is -2.11. The van der Waals surface area contributed by atoms with Crippen molar-refractivity contribution in [3.05, 3.63) is 51.3 Å². The van der Waals surface area contributed by atoms with Crippen molar-refractivity contribution < 1.29 is 0 Å². The van der Waals surface area contributed by atoms with E-state index in [1.165, 1.54) is 17.8 Å². The van der Waals surface area contributed by atoms with Crippen LogP contribution in [0.3, 0.4) is 0 Å². The SMILES string of the molecule is Nc1cc(=O)[nH]c2nnc(SCc3ccc(Cl)cc3)n12. The first-order chi connectivity index (χ1) is 9.63. The number of nitrogens with two attached hydrogens (primary N) is 1. The first-order valence-electron chi connectivity index (χ1n) is 5.74. The zero-order valence-corrected chi connectivity index (χ0v) is 11.8. The van der Waals surface area contributed by atoms with E-state index < -0.39 is 0 Å². The highest BCUT2D eigenvalue weighted by Crippen LogP contribution is 2.23. The molecule has 0 bridgehead atoms. The topological polar surface area (TPSA) is 89.1 Å². The molecule has 3 aromatic rings. The Morgan fingerprint density at radius 2 is 2.05 bits per heavy atom. The Morgan fingerprint density at radius 3 is 2.80 bits per heavy atom. The Balaban J connectivity index is 1.88. The minimum absolute atomic E-state index is 0.295. The smallest absolute Gasteiger partial charge is 0.254 e. The average molecular weight is 308 g/mol. The van der Waals surface area contributed by atoms with Crippen molar-refractivity contribution >= 4 is 35.0 Å². The van der Waals surface area contributed by atoms with Gasteiger partial charge in [0.05, 0.1) is 0 Å². The van der Waals surface area contributed by atoms with Crippen LogP contribution < -0.4 is 11.3 Å². The highest BCUT2D eigenvalue weighted by Gasteiger charge is 2.10. The van der Waals surface area contributed by atoms with E-state index in [4.69, 9.17) is 17.3 Å². The second kappa shape index (κ2) is 5.18. The molecule has 0 amide bonds. The molecule has 0 aliphatic rings. The van der Waals surface area contributed by atoms with Crippen molar-refractivity contribution in [2.75, 3.05) is 5.73 Å². The van der Waals surface area contributed by atoms with Gasteiger partial charge in [-0.2, -0.15) is 0 Å². The summed E-state index contributed by atoms with van der Waals surface area (Å²) in [6.07, 6.45) is 0. The van der Waals surface area contributed by atoms with E-state index in [1.807, 2.05) is 24.3 Å². The third-order valence-corrected chi connectivity index (χ3v) is 3.94. The van der Waals surface area contributed by atoms with Gasteiger partial charge in [0.1, 0.15) is 5.82 Å². The van der Waals surface area contributed by atoms with Gasteiger partial charge in [0.25, 0.3) is 5.56 Å². The van der Waals surface area contributed by atoms with Gasteiger partial charge in [0.15, 0.2) is 5.16 Å². The van der Waals surface area contributed by atoms with Crippen molar-refractivity contribution in [1.29, 1.82) is 0 Å². The molecule has 0 aliphatic heterocycles. The van der Waals surface area contributed by atoms with Crippen molar-refractivity contribution in [2.24, 2.45) is 0 Å². The molecule has 0 unspecified atom stereocenters. The predicted molar refractivity (Wildman–Crippen MR) is 79.0 cm³/mol. The zero-order valence-electron chi connectivity index (χ0n) is 10.2. The number of aromatic nitrogens is 4. The Kier molecular flexibility index (Phi) is 3.37. The number of hydrogen-bond donors (Lipinski definition) is 2. The van der Waals surface area contributed by atoms with Crippen molar-refractivity contribution in [3.63, 3.8) is 0 Å². The Hall–Kier alpha value is -1.99. The van der Waals surface area contributed by atoms with Gasteiger partial charge >= 0.3 is 0 Å². The number of fused-ring (bicyclic) bond motifs is 1. The molecule has 1 aromatic carbocycles. The van der Waals surface area contributed by atoms with E-state index in [-0.39, 0.29) is 5.56 Å². The number of halogens is 1. The Labute approximate surface area is 123 Å². The number of thioether (sulfide) groups is 1. The Morgan fingerprint density at radius 1 is 1.30 bits per heavy atom. The summed E-state index contributed by atoms with van der Waals surface area (Å²) in [5, 5.41) is 9.26. The second-order valence-corrected chi connectivity index (χ2v) is 5.49. The molecule has 3 rings (SSSR count). The van der Waals surface area contributed by atoms with Crippen LogP contribution in [0.25, 0.3) is 5.78 Å². The van der Waals surface area contributed by atoms with Crippen LogP contribution in [0.1, 0.15) is 5.56 Å². The van der Waals surface area contributed by atoms with Crippen LogP contribution in [0, 0.1) is 0 Å². The van der Waals surface area contributed by atoms with E-state index in [9.17, 15) is 4.79 Å². The monoisotopic (exact) mass is 307 g/mol. The molecule has 0 radical (unpaired) electrons. The predicted octanol–water partition coefficient (Wildman–Crippen LogP) is 1.95. The van der Waals surface area contributed by atoms with Gasteiger partial charge in [-0.1, -0.05) is 35.5 Å². The molecule has 0 saturated carbocycles. The van der Waals surface area contributed by atoms with Gasteiger partial charge in [0, 0.05) is 16.8 Å². The fourth-order valence-electron chi connectivity index (χ4n) is 1.75. The molecule has 8 heteroatoms. The first-order valence-corrected chi connectivity index (χ1v) is 7.11. The molecule has 0 fully saturated rings. The number of rotatable bonds is 3. The van der Waals surface area contributed by atoms with Crippen molar-refractivity contribution in [2.45, 2.75) is 10.9 Å². The minimum atomic E-state index is -0.295. The van der Waals surface area contributed by atoms with E-state index in [0.717, 1.165) is 5.56 Å². The van der Waals surface area contributed by atoms with E-state index in [1.54, 1.807) is 4.40 Å². The molecule has 6 nitrogen and oxygen atoms in total. The van der Waals surface area contributed by atoms with E-state index in [2.05, 4.69) is 15.2 Å². The molecule has 20 heavy (non-hydrogen) atoms. The maximum absolute atomic E-state index is 11.3. The maximum atomic E-state index is 11.3. The summed E-state index contributed by atoms with van der Waals surface area (Å²) < 4.78 is 1.61. The van der Waals surface area contributed by atoms with Crippen LogP contribution in [0.4, 0.5) is 5.82 Å². The zero-order chi connectivity index (χ0) is 14.1. The highest BCUT2D eigenvalue weighted by molar-refractivity contribution is 7.98. The molecular formula is C12H10ClN5OS. The third kappa shape index (κ3) is 2.50. The summed E-state index contributed by atoms with van der Waals surface area (Å²) >= 11 is 7.32. The molecule has 0 aliphatic carbocycles.